The van der Waals surface area contributed by atoms with Gasteiger partial charge in [-0.05, 0) is 53.6 Å². The minimum atomic E-state index is -0.506. The lowest BCUT2D eigenvalue weighted by atomic mass is 10.1. The molecule has 0 spiro atoms. The minimum absolute atomic E-state index is 0.163. The number of ether oxygens (including phenoxy) is 2. The van der Waals surface area contributed by atoms with Crippen molar-refractivity contribution in [1.29, 1.82) is 0 Å². The van der Waals surface area contributed by atoms with E-state index in [1.54, 1.807) is 60.7 Å². The zero-order chi connectivity index (χ0) is 21.8. The quantitative estimate of drug-likeness (QED) is 0.472. The summed E-state index contributed by atoms with van der Waals surface area (Å²) < 4.78 is 24.2. The van der Waals surface area contributed by atoms with E-state index >= 15 is 0 Å². The Kier molecular flexibility index (Phi) is 5.66. The maximum Gasteiger partial charge on any atom is 0.333 e. The van der Waals surface area contributed by atoms with Gasteiger partial charge in [0.2, 0.25) is 0 Å². The Bertz CT molecular complexity index is 1140. The van der Waals surface area contributed by atoms with Crippen molar-refractivity contribution in [3.63, 3.8) is 0 Å². The number of rotatable bonds is 6. The van der Waals surface area contributed by atoms with Gasteiger partial charge in [0.1, 0.15) is 18.1 Å². The van der Waals surface area contributed by atoms with E-state index in [9.17, 15) is 14.0 Å². The van der Waals surface area contributed by atoms with Crippen molar-refractivity contribution in [2.75, 3.05) is 12.0 Å². The lowest BCUT2D eigenvalue weighted by molar-refractivity contribution is -0.113. The summed E-state index contributed by atoms with van der Waals surface area (Å²) >= 11 is 0. The molecule has 1 N–H and O–H groups in total. The second-order valence-corrected chi connectivity index (χ2v) is 6.79. The molecule has 1 aliphatic heterocycles. The standard InChI is InChI=1S/C24H19FN2O4/c1-30-22-14-17(9-12-21(22)31-15-16-7-10-18(25)11-8-16)13-20-23(28)27(24(29)26-20)19-5-3-2-4-6-19/h2-14H,15H2,1H3,(H,26,29)/b20-13+. The molecule has 0 saturated carbocycles. The first kappa shape index (κ1) is 20.2. The molecule has 0 unspecified atom stereocenters. The van der Waals surface area contributed by atoms with Crippen LogP contribution in [0.3, 0.4) is 0 Å². The fourth-order valence-corrected chi connectivity index (χ4v) is 3.15. The van der Waals surface area contributed by atoms with Crippen LogP contribution >= 0.6 is 0 Å². The average Bonchev–Trinajstić information content (AvgIpc) is 3.07. The molecule has 3 aromatic rings. The SMILES string of the molecule is COc1cc(/C=C2/NC(=O)N(c3ccccc3)C2=O)ccc1OCc1ccc(F)cc1. The number of amides is 3. The molecule has 1 heterocycles. The predicted molar refractivity (Wildman–Crippen MR) is 114 cm³/mol. The number of nitrogens with zero attached hydrogens (tertiary/aromatic N) is 1. The Balaban J connectivity index is 1.52. The molecule has 0 aliphatic carbocycles. The number of imide groups is 1. The molecule has 0 bridgehead atoms. The van der Waals surface area contributed by atoms with E-state index in [4.69, 9.17) is 9.47 Å². The van der Waals surface area contributed by atoms with Crippen molar-refractivity contribution in [2.24, 2.45) is 0 Å². The molecule has 3 aromatic carbocycles. The molecule has 0 atom stereocenters. The predicted octanol–water partition coefficient (Wildman–Crippen LogP) is 4.51. The van der Waals surface area contributed by atoms with E-state index < -0.39 is 11.9 Å². The van der Waals surface area contributed by atoms with E-state index in [0.29, 0.717) is 22.7 Å². The Labute approximate surface area is 178 Å². The van der Waals surface area contributed by atoms with Crippen LogP contribution in [0.25, 0.3) is 6.08 Å². The number of carbonyl (C=O) groups excluding carboxylic acids is 2. The van der Waals surface area contributed by atoms with Crippen LogP contribution in [0.2, 0.25) is 0 Å². The topological polar surface area (TPSA) is 67.9 Å². The Morgan fingerprint density at radius 2 is 1.71 bits per heavy atom. The molecule has 156 valence electrons. The molecular weight excluding hydrogens is 399 g/mol. The molecule has 1 aliphatic rings. The van der Waals surface area contributed by atoms with Gasteiger partial charge in [0, 0.05) is 0 Å². The Morgan fingerprint density at radius 1 is 0.968 bits per heavy atom. The van der Waals surface area contributed by atoms with Crippen LogP contribution in [-0.4, -0.2) is 19.0 Å². The molecule has 31 heavy (non-hydrogen) atoms. The fourth-order valence-electron chi connectivity index (χ4n) is 3.15. The highest BCUT2D eigenvalue weighted by Crippen LogP contribution is 2.30. The van der Waals surface area contributed by atoms with Crippen LogP contribution in [0.15, 0.2) is 78.5 Å². The Morgan fingerprint density at radius 3 is 2.42 bits per heavy atom. The minimum Gasteiger partial charge on any atom is -0.493 e. The highest BCUT2D eigenvalue weighted by molar-refractivity contribution is 6.28. The molecule has 4 rings (SSSR count). The van der Waals surface area contributed by atoms with Crippen molar-refractivity contribution in [2.45, 2.75) is 6.61 Å². The number of anilines is 1. The first-order valence-electron chi connectivity index (χ1n) is 9.52. The van der Waals surface area contributed by atoms with Crippen LogP contribution in [0, 0.1) is 5.82 Å². The maximum atomic E-state index is 13.0. The number of halogens is 1. The number of hydrogen-bond donors (Lipinski definition) is 1. The second-order valence-electron chi connectivity index (χ2n) is 6.79. The summed E-state index contributed by atoms with van der Waals surface area (Å²) in [5.41, 5.74) is 2.13. The van der Waals surface area contributed by atoms with E-state index in [2.05, 4.69) is 5.32 Å². The van der Waals surface area contributed by atoms with E-state index in [0.717, 1.165) is 10.5 Å². The molecular formula is C24H19FN2O4. The summed E-state index contributed by atoms with van der Waals surface area (Å²) in [6.07, 6.45) is 1.58. The van der Waals surface area contributed by atoms with Crippen molar-refractivity contribution in [3.05, 3.63) is 95.4 Å². The second kappa shape index (κ2) is 8.71. The summed E-state index contributed by atoms with van der Waals surface area (Å²) in [4.78, 5) is 26.1. The van der Waals surface area contributed by atoms with Gasteiger partial charge in [-0.2, -0.15) is 0 Å². The monoisotopic (exact) mass is 418 g/mol. The normalized spacial score (nSPS) is 14.6. The van der Waals surface area contributed by atoms with Crippen LogP contribution < -0.4 is 19.7 Å². The van der Waals surface area contributed by atoms with E-state index in [1.165, 1.54) is 19.2 Å². The first-order valence-corrected chi connectivity index (χ1v) is 9.52. The molecule has 7 heteroatoms. The lowest BCUT2D eigenvalue weighted by Crippen LogP contribution is -2.30. The van der Waals surface area contributed by atoms with Gasteiger partial charge in [0.05, 0.1) is 12.8 Å². The maximum absolute atomic E-state index is 13.0. The van der Waals surface area contributed by atoms with Gasteiger partial charge in [-0.3, -0.25) is 4.79 Å². The highest BCUT2D eigenvalue weighted by Gasteiger charge is 2.34. The number of para-hydroxylation sites is 1. The van der Waals surface area contributed by atoms with Crippen molar-refractivity contribution in [3.8, 4) is 11.5 Å². The van der Waals surface area contributed by atoms with Crippen LogP contribution in [0.4, 0.5) is 14.9 Å². The largest absolute Gasteiger partial charge is 0.493 e. The fraction of sp³-hybridized carbons (Fsp3) is 0.0833. The Hall–Kier alpha value is -4.13. The highest BCUT2D eigenvalue weighted by atomic mass is 19.1. The van der Waals surface area contributed by atoms with Crippen LogP contribution in [0.5, 0.6) is 11.5 Å². The molecule has 0 radical (unpaired) electrons. The number of urea groups is 1. The third-order valence-electron chi connectivity index (χ3n) is 4.70. The number of hydrogen-bond acceptors (Lipinski definition) is 4. The number of benzene rings is 3. The summed E-state index contributed by atoms with van der Waals surface area (Å²) in [6.45, 7) is 0.248. The van der Waals surface area contributed by atoms with Crippen LogP contribution in [0.1, 0.15) is 11.1 Å². The van der Waals surface area contributed by atoms with Gasteiger partial charge < -0.3 is 14.8 Å². The molecule has 0 aromatic heterocycles. The summed E-state index contributed by atoms with van der Waals surface area (Å²) in [6, 6.07) is 19.4. The van der Waals surface area contributed by atoms with E-state index in [1.807, 2.05) is 6.07 Å². The summed E-state index contributed by atoms with van der Waals surface area (Å²) in [7, 11) is 1.51. The van der Waals surface area contributed by atoms with Gasteiger partial charge in [0.25, 0.3) is 5.91 Å². The molecule has 3 amide bonds. The van der Waals surface area contributed by atoms with Crippen molar-refractivity contribution < 1.29 is 23.5 Å². The third-order valence-corrected chi connectivity index (χ3v) is 4.70. The smallest absolute Gasteiger partial charge is 0.333 e. The van der Waals surface area contributed by atoms with Crippen molar-refractivity contribution in [1.82, 2.24) is 5.32 Å². The number of methoxy groups -OCH3 is 1. The van der Waals surface area contributed by atoms with Crippen molar-refractivity contribution >= 4 is 23.7 Å². The van der Waals surface area contributed by atoms with Gasteiger partial charge in [0.15, 0.2) is 11.5 Å². The number of carbonyl (C=O) groups is 2. The van der Waals surface area contributed by atoms with Gasteiger partial charge in [-0.25, -0.2) is 14.1 Å². The van der Waals surface area contributed by atoms with Gasteiger partial charge >= 0.3 is 6.03 Å². The lowest BCUT2D eigenvalue weighted by Gasteiger charge is -2.12. The third kappa shape index (κ3) is 4.40. The molecule has 1 saturated heterocycles. The number of nitrogens with one attached hydrogen (secondary N) is 1. The zero-order valence-corrected chi connectivity index (χ0v) is 16.7. The summed E-state index contributed by atoms with van der Waals surface area (Å²) in [5.74, 6) is 0.222. The first-order chi connectivity index (χ1) is 15.0. The molecule has 1 fully saturated rings. The van der Waals surface area contributed by atoms with Crippen LogP contribution in [-0.2, 0) is 11.4 Å². The zero-order valence-electron chi connectivity index (χ0n) is 16.7. The summed E-state index contributed by atoms with van der Waals surface area (Å²) in [5, 5.41) is 2.60. The van der Waals surface area contributed by atoms with Gasteiger partial charge in [-0.1, -0.05) is 36.4 Å². The van der Waals surface area contributed by atoms with Gasteiger partial charge in [-0.15, -0.1) is 0 Å². The average molecular weight is 418 g/mol. The van der Waals surface area contributed by atoms with E-state index in [-0.39, 0.29) is 18.1 Å². The molecule has 6 nitrogen and oxygen atoms in total.